The van der Waals surface area contributed by atoms with Crippen molar-refractivity contribution >= 4 is 15.9 Å². The van der Waals surface area contributed by atoms with Crippen LogP contribution in [-0.4, -0.2) is 6.54 Å². The lowest BCUT2D eigenvalue weighted by Crippen LogP contribution is -2.04. The van der Waals surface area contributed by atoms with Gasteiger partial charge in [0.2, 0.25) is 0 Å². The van der Waals surface area contributed by atoms with E-state index in [9.17, 15) is 4.39 Å². The average Bonchev–Trinajstić information content (AvgIpc) is 2.36. The second-order valence-electron chi connectivity index (χ2n) is 4.33. The number of ether oxygens (including phenoxy) is 1. The average molecular weight is 324 g/mol. The maximum absolute atomic E-state index is 13.0. The molecule has 4 heteroatoms. The van der Waals surface area contributed by atoms with Gasteiger partial charge in [-0.15, -0.1) is 0 Å². The number of nitrogens with two attached hydrogens (primary N) is 1. The van der Waals surface area contributed by atoms with E-state index in [1.165, 1.54) is 12.1 Å². The van der Waals surface area contributed by atoms with Gasteiger partial charge in [-0.05, 0) is 65.6 Å². The van der Waals surface area contributed by atoms with Crippen molar-refractivity contribution in [1.29, 1.82) is 0 Å². The standard InChI is InChI=1S/C15H15BrFNO/c1-10-2-4-14(11(8-10)6-7-18)19-15-5-3-12(17)9-13(15)16/h2-5,8-9H,6-7,18H2,1H3. The normalized spacial score (nSPS) is 10.5. The molecule has 100 valence electrons. The Kier molecular flexibility index (Phi) is 4.56. The molecule has 0 heterocycles. The van der Waals surface area contributed by atoms with Crippen molar-refractivity contribution in [2.45, 2.75) is 13.3 Å². The van der Waals surface area contributed by atoms with Crippen LogP contribution in [-0.2, 0) is 6.42 Å². The molecule has 0 unspecified atom stereocenters. The summed E-state index contributed by atoms with van der Waals surface area (Å²) in [5.74, 6) is 1.04. The minimum Gasteiger partial charge on any atom is -0.456 e. The molecular weight excluding hydrogens is 309 g/mol. The van der Waals surface area contributed by atoms with Crippen molar-refractivity contribution in [1.82, 2.24) is 0 Å². The molecular formula is C15H15BrFNO. The highest BCUT2D eigenvalue weighted by molar-refractivity contribution is 9.10. The molecule has 2 rings (SSSR count). The first-order valence-corrected chi connectivity index (χ1v) is 6.82. The number of hydrogen-bond donors (Lipinski definition) is 1. The molecule has 0 aliphatic rings. The third-order valence-corrected chi connectivity index (χ3v) is 3.36. The van der Waals surface area contributed by atoms with E-state index < -0.39 is 0 Å². The largest absolute Gasteiger partial charge is 0.456 e. The van der Waals surface area contributed by atoms with E-state index in [2.05, 4.69) is 22.0 Å². The molecule has 0 fully saturated rings. The van der Waals surface area contributed by atoms with Crippen molar-refractivity contribution in [3.8, 4) is 11.5 Å². The monoisotopic (exact) mass is 323 g/mol. The zero-order chi connectivity index (χ0) is 13.8. The Hall–Kier alpha value is -1.39. The van der Waals surface area contributed by atoms with Gasteiger partial charge in [-0.3, -0.25) is 0 Å². The summed E-state index contributed by atoms with van der Waals surface area (Å²) in [5.41, 5.74) is 7.82. The predicted octanol–water partition coefficient (Wildman–Crippen LogP) is 4.19. The highest BCUT2D eigenvalue weighted by Crippen LogP contribution is 2.32. The number of benzene rings is 2. The van der Waals surface area contributed by atoms with Crippen molar-refractivity contribution in [3.05, 3.63) is 57.8 Å². The summed E-state index contributed by atoms with van der Waals surface area (Å²) in [6.07, 6.45) is 0.746. The fourth-order valence-electron chi connectivity index (χ4n) is 1.84. The van der Waals surface area contributed by atoms with E-state index in [-0.39, 0.29) is 5.82 Å². The molecule has 0 aliphatic carbocycles. The van der Waals surface area contributed by atoms with Gasteiger partial charge in [-0.25, -0.2) is 4.39 Å². The Morgan fingerprint density at radius 1 is 1.16 bits per heavy atom. The lowest BCUT2D eigenvalue weighted by molar-refractivity contribution is 0.471. The van der Waals surface area contributed by atoms with Crippen LogP contribution < -0.4 is 10.5 Å². The Bertz CT molecular complexity index is 586. The number of aryl methyl sites for hydroxylation is 1. The van der Waals surface area contributed by atoms with Crippen LogP contribution in [0.3, 0.4) is 0 Å². The van der Waals surface area contributed by atoms with E-state index in [0.717, 1.165) is 23.3 Å². The summed E-state index contributed by atoms with van der Waals surface area (Å²) in [4.78, 5) is 0. The van der Waals surface area contributed by atoms with Gasteiger partial charge in [0, 0.05) is 0 Å². The first-order valence-electron chi connectivity index (χ1n) is 6.02. The molecule has 2 N–H and O–H groups in total. The fourth-order valence-corrected chi connectivity index (χ4v) is 2.27. The van der Waals surface area contributed by atoms with Crippen LogP contribution in [0.25, 0.3) is 0 Å². The molecule has 0 saturated carbocycles. The third kappa shape index (κ3) is 3.55. The van der Waals surface area contributed by atoms with Gasteiger partial charge in [0.1, 0.15) is 17.3 Å². The van der Waals surface area contributed by atoms with Gasteiger partial charge in [0.25, 0.3) is 0 Å². The third-order valence-electron chi connectivity index (χ3n) is 2.74. The van der Waals surface area contributed by atoms with E-state index in [1.54, 1.807) is 6.07 Å². The minimum atomic E-state index is -0.301. The van der Waals surface area contributed by atoms with Gasteiger partial charge in [-0.1, -0.05) is 17.7 Å². The quantitative estimate of drug-likeness (QED) is 0.915. The molecule has 0 atom stereocenters. The van der Waals surface area contributed by atoms with Crippen LogP contribution in [0.1, 0.15) is 11.1 Å². The number of rotatable bonds is 4. The Balaban J connectivity index is 2.32. The van der Waals surface area contributed by atoms with Crippen molar-refractivity contribution in [2.24, 2.45) is 5.73 Å². The van der Waals surface area contributed by atoms with Crippen LogP contribution in [0.2, 0.25) is 0 Å². The van der Waals surface area contributed by atoms with Gasteiger partial charge in [0.15, 0.2) is 0 Å². The Morgan fingerprint density at radius 2 is 1.89 bits per heavy atom. The summed E-state index contributed by atoms with van der Waals surface area (Å²) in [5, 5.41) is 0. The van der Waals surface area contributed by atoms with Crippen LogP contribution in [0.5, 0.6) is 11.5 Å². The van der Waals surface area contributed by atoms with Crippen LogP contribution in [0.15, 0.2) is 40.9 Å². The first kappa shape index (κ1) is 14.0. The van der Waals surface area contributed by atoms with Gasteiger partial charge >= 0.3 is 0 Å². The summed E-state index contributed by atoms with van der Waals surface area (Å²) >= 11 is 3.29. The second kappa shape index (κ2) is 6.17. The lowest BCUT2D eigenvalue weighted by Gasteiger charge is -2.12. The summed E-state index contributed by atoms with van der Waals surface area (Å²) in [6.45, 7) is 2.59. The van der Waals surface area contributed by atoms with E-state index >= 15 is 0 Å². The van der Waals surface area contributed by atoms with E-state index in [4.69, 9.17) is 10.5 Å². The van der Waals surface area contributed by atoms with Crippen LogP contribution in [0, 0.1) is 12.7 Å². The molecule has 2 nitrogen and oxygen atoms in total. The Labute approximate surface area is 120 Å². The molecule has 2 aromatic rings. The Morgan fingerprint density at radius 3 is 2.58 bits per heavy atom. The predicted molar refractivity (Wildman–Crippen MR) is 78.1 cm³/mol. The zero-order valence-electron chi connectivity index (χ0n) is 10.6. The van der Waals surface area contributed by atoms with E-state index in [0.29, 0.717) is 16.8 Å². The molecule has 0 aromatic heterocycles. The molecule has 19 heavy (non-hydrogen) atoms. The minimum absolute atomic E-state index is 0.301. The van der Waals surface area contributed by atoms with Crippen LogP contribution >= 0.6 is 15.9 Å². The molecule has 0 bridgehead atoms. The topological polar surface area (TPSA) is 35.2 Å². The zero-order valence-corrected chi connectivity index (χ0v) is 12.2. The van der Waals surface area contributed by atoms with Gasteiger partial charge < -0.3 is 10.5 Å². The molecule has 0 aliphatic heterocycles. The summed E-state index contributed by atoms with van der Waals surface area (Å²) in [6, 6.07) is 10.3. The number of hydrogen-bond acceptors (Lipinski definition) is 2. The fraction of sp³-hybridized carbons (Fsp3) is 0.200. The molecule has 0 spiro atoms. The second-order valence-corrected chi connectivity index (χ2v) is 5.18. The lowest BCUT2D eigenvalue weighted by atomic mass is 10.1. The summed E-state index contributed by atoms with van der Waals surface area (Å²) in [7, 11) is 0. The van der Waals surface area contributed by atoms with Gasteiger partial charge in [-0.2, -0.15) is 0 Å². The van der Waals surface area contributed by atoms with Crippen molar-refractivity contribution in [2.75, 3.05) is 6.54 Å². The molecule has 0 radical (unpaired) electrons. The first-order chi connectivity index (χ1) is 9.10. The van der Waals surface area contributed by atoms with Crippen molar-refractivity contribution in [3.63, 3.8) is 0 Å². The number of halogens is 2. The highest BCUT2D eigenvalue weighted by Gasteiger charge is 2.08. The smallest absolute Gasteiger partial charge is 0.141 e. The van der Waals surface area contributed by atoms with Gasteiger partial charge in [0.05, 0.1) is 4.47 Å². The highest BCUT2D eigenvalue weighted by atomic mass is 79.9. The molecule has 2 aromatic carbocycles. The molecule has 0 amide bonds. The van der Waals surface area contributed by atoms with Crippen molar-refractivity contribution < 1.29 is 9.13 Å². The van der Waals surface area contributed by atoms with E-state index in [1.807, 2.05) is 19.1 Å². The summed E-state index contributed by atoms with van der Waals surface area (Å²) < 4.78 is 19.5. The SMILES string of the molecule is Cc1ccc(Oc2ccc(F)cc2Br)c(CCN)c1. The van der Waals surface area contributed by atoms with Crippen LogP contribution in [0.4, 0.5) is 4.39 Å². The molecule has 0 saturated heterocycles. The maximum Gasteiger partial charge on any atom is 0.141 e. The maximum atomic E-state index is 13.0.